The molecule has 19 heavy (non-hydrogen) atoms. The fraction of sp³-hybridized carbons (Fsp3) is 0.462. The molecule has 1 saturated carbocycles. The Labute approximate surface area is 111 Å². The standard InChI is InChI=1S/C13H17N3O3/c1-8(9-3-4-9)15-13(17)10-5-6-11(14-2)12(7-10)16(18)19/h5-9,14H,3-4H2,1-2H3,(H,15,17)/t8-/m0/s1. The summed E-state index contributed by atoms with van der Waals surface area (Å²) >= 11 is 0. The van der Waals surface area contributed by atoms with Crippen LogP contribution in [0.25, 0.3) is 0 Å². The molecule has 2 N–H and O–H groups in total. The molecule has 102 valence electrons. The number of rotatable bonds is 5. The average molecular weight is 263 g/mol. The number of nitro groups is 1. The maximum Gasteiger partial charge on any atom is 0.293 e. The zero-order chi connectivity index (χ0) is 14.0. The molecule has 1 amide bonds. The van der Waals surface area contributed by atoms with Crippen LogP contribution in [0.1, 0.15) is 30.1 Å². The maximum atomic E-state index is 12.0. The van der Waals surface area contributed by atoms with Crippen molar-refractivity contribution in [2.45, 2.75) is 25.8 Å². The van der Waals surface area contributed by atoms with Crippen molar-refractivity contribution in [2.75, 3.05) is 12.4 Å². The molecule has 1 aromatic carbocycles. The number of benzene rings is 1. The quantitative estimate of drug-likeness (QED) is 0.629. The van der Waals surface area contributed by atoms with Gasteiger partial charge in [0.25, 0.3) is 11.6 Å². The summed E-state index contributed by atoms with van der Waals surface area (Å²) in [5, 5.41) is 16.5. The van der Waals surface area contributed by atoms with E-state index in [-0.39, 0.29) is 17.6 Å². The van der Waals surface area contributed by atoms with Crippen molar-refractivity contribution >= 4 is 17.3 Å². The highest BCUT2D eigenvalue weighted by molar-refractivity contribution is 5.95. The third-order valence-electron chi connectivity index (χ3n) is 3.41. The number of carbonyl (C=O) groups is 1. The lowest BCUT2D eigenvalue weighted by molar-refractivity contribution is -0.384. The molecule has 0 spiro atoms. The fourth-order valence-corrected chi connectivity index (χ4v) is 2.04. The molecule has 0 saturated heterocycles. The molecule has 1 aliphatic rings. The molecule has 1 aromatic rings. The Hall–Kier alpha value is -2.11. The minimum Gasteiger partial charge on any atom is -0.383 e. The first-order valence-electron chi connectivity index (χ1n) is 6.30. The van der Waals surface area contributed by atoms with Crippen molar-refractivity contribution in [1.82, 2.24) is 5.32 Å². The first-order valence-corrected chi connectivity index (χ1v) is 6.30. The highest BCUT2D eigenvalue weighted by Gasteiger charge is 2.29. The van der Waals surface area contributed by atoms with Gasteiger partial charge in [-0.15, -0.1) is 0 Å². The Kier molecular flexibility index (Phi) is 3.69. The fourth-order valence-electron chi connectivity index (χ4n) is 2.04. The predicted octanol–water partition coefficient (Wildman–Crippen LogP) is 2.16. The summed E-state index contributed by atoms with van der Waals surface area (Å²) < 4.78 is 0. The lowest BCUT2D eigenvalue weighted by atomic mass is 10.1. The van der Waals surface area contributed by atoms with Gasteiger partial charge in [0.2, 0.25) is 0 Å². The Morgan fingerprint density at radius 2 is 2.16 bits per heavy atom. The van der Waals surface area contributed by atoms with Gasteiger partial charge in [-0.25, -0.2) is 0 Å². The molecular weight excluding hydrogens is 246 g/mol. The predicted molar refractivity (Wildman–Crippen MR) is 72.3 cm³/mol. The molecule has 0 heterocycles. The van der Waals surface area contributed by atoms with Gasteiger partial charge < -0.3 is 10.6 Å². The van der Waals surface area contributed by atoms with Crippen molar-refractivity contribution in [2.24, 2.45) is 5.92 Å². The van der Waals surface area contributed by atoms with E-state index in [2.05, 4.69) is 10.6 Å². The topological polar surface area (TPSA) is 84.3 Å². The molecular formula is C13H17N3O3. The van der Waals surface area contributed by atoms with Crippen molar-refractivity contribution in [1.29, 1.82) is 0 Å². The first kappa shape index (κ1) is 13.3. The van der Waals surface area contributed by atoms with Crippen molar-refractivity contribution < 1.29 is 9.72 Å². The Balaban J connectivity index is 2.17. The van der Waals surface area contributed by atoms with E-state index in [1.807, 2.05) is 6.92 Å². The minimum absolute atomic E-state index is 0.0887. The molecule has 1 fully saturated rings. The average Bonchev–Trinajstić information content (AvgIpc) is 3.21. The third-order valence-corrected chi connectivity index (χ3v) is 3.41. The van der Waals surface area contributed by atoms with E-state index >= 15 is 0 Å². The van der Waals surface area contributed by atoms with Gasteiger partial charge in [-0.3, -0.25) is 14.9 Å². The molecule has 0 aliphatic heterocycles. The van der Waals surface area contributed by atoms with E-state index in [1.54, 1.807) is 19.2 Å². The van der Waals surface area contributed by atoms with E-state index in [9.17, 15) is 14.9 Å². The summed E-state index contributed by atoms with van der Waals surface area (Å²) in [5.74, 6) is 0.292. The van der Waals surface area contributed by atoms with Crippen molar-refractivity contribution in [3.05, 3.63) is 33.9 Å². The molecule has 0 unspecified atom stereocenters. The largest absolute Gasteiger partial charge is 0.383 e. The smallest absolute Gasteiger partial charge is 0.293 e. The lowest BCUT2D eigenvalue weighted by Gasteiger charge is -2.13. The normalized spacial score (nSPS) is 15.7. The van der Waals surface area contributed by atoms with Gasteiger partial charge in [-0.2, -0.15) is 0 Å². The zero-order valence-electron chi connectivity index (χ0n) is 11.0. The molecule has 0 radical (unpaired) electrons. The van der Waals surface area contributed by atoms with Gasteiger partial charge in [-0.1, -0.05) is 0 Å². The second-order valence-corrected chi connectivity index (χ2v) is 4.84. The van der Waals surface area contributed by atoms with Crippen molar-refractivity contribution in [3.8, 4) is 0 Å². The van der Waals surface area contributed by atoms with E-state index < -0.39 is 4.92 Å². The molecule has 2 rings (SSSR count). The highest BCUT2D eigenvalue weighted by atomic mass is 16.6. The molecule has 6 heteroatoms. The summed E-state index contributed by atoms with van der Waals surface area (Å²) in [5.41, 5.74) is 0.629. The zero-order valence-corrected chi connectivity index (χ0v) is 11.0. The van der Waals surface area contributed by atoms with Gasteiger partial charge in [0, 0.05) is 24.7 Å². The number of hydrogen-bond acceptors (Lipinski definition) is 4. The third kappa shape index (κ3) is 3.01. The number of anilines is 1. The molecule has 1 aliphatic carbocycles. The van der Waals surface area contributed by atoms with E-state index in [0.29, 0.717) is 17.2 Å². The number of amides is 1. The lowest BCUT2D eigenvalue weighted by Crippen LogP contribution is -2.34. The van der Waals surface area contributed by atoms with Gasteiger partial charge >= 0.3 is 0 Å². The van der Waals surface area contributed by atoms with Crippen LogP contribution in [0.3, 0.4) is 0 Å². The monoisotopic (exact) mass is 263 g/mol. The Morgan fingerprint density at radius 1 is 1.47 bits per heavy atom. The molecule has 0 bridgehead atoms. The molecule has 0 aromatic heterocycles. The van der Waals surface area contributed by atoms with E-state index in [4.69, 9.17) is 0 Å². The Morgan fingerprint density at radius 3 is 2.68 bits per heavy atom. The van der Waals surface area contributed by atoms with Crippen LogP contribution in [0, 0.1) is 16.0 Å². The number of nitro benzene ring substituents is 1. The van der Waals surface area contributed by atoms with Crippen LogP contribution < -0.4 is 10.6 Å². The number of nitrogens with zero attached hydrogens (tertiary/aromatic N) is 1. The number of carbonyl (C=O) groups excluding carboxylic acids is 1. The summed E-state index contributed by atoms with van der Waals surface area (Å²) in [6.07, 6.45) is 2.28. The van der Waals surface area contributed by atoms with Crippen LogP contribution in [-0.2, 0) is 0 Å². The van der Waals surface area contributed by atoms with Crippen LogP contribution >= 0.6 is 0 Å². The van der Waals surface area contributed by atoms with Gasteiger partial charge in [-0.05, 0) is 37.8 Å². The van der Waals surface area contributed by atoms with Crippen LogP contribution in [0.5, 0.6) is 0 Å². The van der Waals surface area contributed by atoms with Crippen LogP contribution in [0.4, 0.5) is 11.4 Å². The first-order chi connectivity index (χ1) is 9.02. The summed E-state index contributed by atoms with van der Waals surface area (Å²) in [6.45, 7) is 1.96. The molecule has 6 nitrogen and oxygen atoms in total. The maximum absolute atomic E-state index is 12.0. The van der Waals surface area contributed by atoms with Crippen LogP contribution in [0.2, 0.25) is 0 Å². The SMILES string of the molecule is CNc1ccc(C(=O)N[C@@H](C)C2CC2)cc1[N+](=O)[O-]. The van der Waals surface area contributed by atoms with Gasteiger partial charge in [0.05, 0.1) is 4.92 Å². The summed E-state index contributed by atoms with van der Waals surface area (Å²) in [4.78, 5) is 22.4. The number of hydrogen-bond donors (Lipinski definition) is 2. The summed E-state index contributed by atoms with van der Waals surface area (Å²) in [7, 11) is 1.61. The summed E-state index contributed by atoms with van der Waals surface area (Å²) in [6, 6.07) is 4.57. The van der Waals surface area contributed by atoms with E-state index in [1.165, 1.54) is 6.07 Å². The van der Waals surface area contributed by atoms with Gasteiger partial charge in [0.15, 0.2) is 0 Å². The second-order valence-electron chi connectivity index (χ2n) is 4.84. The van der Waals surface area contributed by atoms with Crippen LogP contribution in [0.15, 0.2) is 18.2 Å². The highest BCUT2D eigenvalue weighted by Crippen LogP contribution is 2.32. The van der Waals surface area contributed by atoms with Crippen LogP contribution in [-0.4, -0.2) is 23.9 Å². The number of nitrogens with one attached hydrogen (secondary N) is 2. The second kappa shape index (κ2) is 5.26. The van der Waals surface area contributed by atoms with E-state index in [0.717, 1.165) is 12.8 Å². The molecule has 1 atom stereocenters. The Bertz CT molecular complexity index is 512. The minimum atomic E-state index is -0.493. The van der Waals surface area contributed by atoms with Crippen molar-refractivity contribution in [3.63, 3.8) is 0 Å². The van der Waals surface area contributed by atoms with Gasteiger partial charge in [0.1, 0.15) is 5.69 Å².